The molecular formula is C20H21N3O4S. The Morgan fingerprint density at radius 1 is 1.36 bits per heavy atom. The molecule has 3 rings (SSSR count). The molecule has 1 aliphatic carbocycles. The van der Waals surface area contributed by atoms with Crippen molar-refractivity contribution in [2.45, 2.75) is 52.1 Å². The first-order valence-corrected chi connectivity index (χ1v) is 9.99. The van der Waals surface area contributed by atoms with Crippen LogP contribution in [0.5, 0.6) is 5.75 Å². The molecule has 1 aliphatic rings. The van der Waals surface area contributed by atoms with Crippen molar-refractivity contribution in [3.8, 4) is 11.8 Å². The molecule has 1 aromatic carbocycles. The Morgan fingerprint density at radius 2 is 2.11 bits per heavy atom. The minimum atomic E-state index is -0.949. The largest absolute Gasteiger partial charge is 0.474 e. The minimum absolute atomic E-state index is 0.0423. The number of thiophene rings is 1. The molecule has 0 saturated heterocycles. The van der Waals surface area contributed by atoms with Gasteiger partial charge in [-0.15, -0.1) is 11.3 Å². The van der Waals surface area contributed by atoms with Crippen molar-refractivity contribution < 1.29 is 14.5 Å². The van der Waals surface area contributed by atoms with Crippen LogP contribution < -0.4 is 10.1 Å². The molecular weight excluding hydrogens is 378 g/mol. The molecule has 1 heterocycles. The summed E-state index contributed by atoms with van der Waals surface area (Å²) in [5.74, 6) is -0.400. The first kappa shape index (κ1) is 19.8. The lowest BCUT2D eigenvalue weighted by Crippen LogP contribution is -2.30. The predicted octanol–water partition coefficient (Wildman–Crippen LogP) is 4.51. The number of hydrogen-bond acceptors (Lipinski definition) is 6. The molecule has 0 bridgehead atoms. The van der Waals surface area contributed by atoms with Crippen LogP contribution in [0.1, 0.15) is 47.8 Å². The van der Waals surface area contributed by atoms with Gasteiger partial charge in [0.1, 0.15) is 11.1 Å². The van der Waals surface area contributed by atoms with E-state index in [2.05, 4.69) is 11.4 Å². The number of anilines is 1. The number of benzene rings is 1. The maximum atomic E-state index is 12.6. The second-order valence-corrected chi connectivity index (χ2v) is 7.96. The Balaban J connectivity index is 1.77. The first-order chi connectivity index (χ1) is 13.4. The van der Waals surface area contributed by atoms with Crippen molar-refractivity contribution in [2.75, 3.05) is 5.32 Å². The van der Waals surface area contributed by atoms with Gasteiger partial charge in [-0.05, 0) is 56.7 Å². The summed E-state index contributed by atoms with van der Waals surface area (Å²) in [6, 6.07) is 6.81. The zero-order valence-corrected chi connectivity index (χ0v) is 16.6. The number of fused-ring (bicyclic) bond motifs is 1. The van der Waals surface area contributed by atoms with Crippen LogP contribution in [0.4, 0.5) is 10.7 Å². The molecule has 0 radical (unpaired) electrons. The van der Waals surface area contributed by atoms with Gasteiger partial charge < -0.3 is 10.1 Å². The molecule has 2 aromatic rings. The maximum absolute atomic E-state index is 12.6. The Morgan fingerprint density at radius 3 is 2.82 bits per heavy atom. The van der Waals surface area contributed by atoms with E-state index >= 15 is 0 Å². The zero-order valence-electron chi connectivity index (χ0n) is 15.8. The first-order valence-electron chi connectivity index (χ1n) is 9.18. The second kappa shape index (κ2) is 8.40. The molecule has 1 aromatic heterocycles. The van der Waals surface area contributed by atoms with E-state index in [0.29, 0.717) is 10.6 Å². The number of nitro benzene ring substituents is 1. The number of nitro groups is 1. The standard InChI is InChI=1S/C20H21N3O4S/c1-12-8-9-17(16(10-12)23(25)26)27-13(2)19(24)22-20-15(11-21)14-6-4-3-5-7-18(14)28-20/h8-10,13H,3-7H2,1-2H3,(H,22,24). The van der Waals surface area contributed by atoms with E-state index in [1.807, 2.05) is 0 Å². The molecule has 1 atom stereocenters. The predicted molar refractivity (Wildman–Crippen MR) is 107 cm³/mol. The Labute approximate surface area is 167 Å². The van der Waals surface area contributed by atoms with Crippen LogP contribution in [-0.4, -0.2) is 16.9 Å². The molecule has 146 valence electrons. The Hall–Kier alpha value is -2.92. The number of rotatable bonds is 5. The number of ether oxygens (including phenoxy) is 1. The third-order valence-corrected chi connectivity index (χ3v) is 5.96. The molecule has 1 unspecified atom stereocenters. The lowest BCUT2D eigenvalue weighted by atomic mass is 10.1. The highest BCUT2D eigenvalue weighted by Crippen LogP contribution is 2.37. The maximum Gasteiger partial charge on any atom is 0.311 e. The number of carbonyl (C=O) groups is 1. The summed E-state index contributed by atoms with van der Waals surface area (Å²) in [6.45, 7) is 3.28. The number of nitrogens with one attached hydrogen (secondary N) is 1. The summed E-state index contributed by atoms with van der Waals surface area (Å²) in [5, 5.41) is 24.1. The van der Waals surface area contributed by atoms with Crippen LogP contribution in [0.15, 0.2) is 18.2 Å². The van der Waals surface area contributed by atoms with Crippen LogP contribution in [-0.2, 0) is 17.6 Å². The summed E-state index contributed by atoms with van der Waals surface area (Å²) in [5.41, 5.74) is 2.13. The lowest BCUT2D eigenvalue weighted by Gasteiger charge is -2.14. The average Bonchev–Trinajstić information content (AvgIpc) is 2.82. The van der Waals surface area contributed by atoms with E-state index in [9.17, 15) is 20.2 Å². The van der Waals surface area contributed by atoms with Crippen molar-refractivity contribution in [2.24, 2.45) is 0 Å². The fourth-order valence-corrected chi connectivity index (χ4v) is 4.52. The zero-order chi connectivity index (χ0) is 20.3. The molecule has 0 fully saturated rings. The van der Waals surface area contributed by atoms with Crippen molar-refractivity contribution in [1.82, 2.24) is 0 Å². The number of aryl methyl sites for hydroxylation is 2. The third-order valence-electron chi connectivity index (χ3n) is 4.75. The molecule has 0 saturated carbocycles. The van der Waals surface area contributed by atoms with Gasteiger partial charge >= 0.3 is 5.69 Å². The quantitative estimate of drug-likeness (QED) is 0.452. The number of carbonyl (C=O) groups excluding carboxylic acids is 1. The van der Waals surface area contributed by atoms with Gasteiger partial charge in [-0.2, -0.15) is 5.26 Å². The molecule has 0 spiro atoms. The van der Waals surface area contributed by atoms with E-state index in [1.165, 1.54) is 30.4 Å². The monoisotopic (exact) mass is 399 g/mol. The summed E-state index contributed by atoms with van der Waals surface area (Å²) in [4.78, 5) is 24.5. The number of nitrogens with zero attached hydrogens (tertiary/aromatic N) is 2. The van der Waals surface area contributed by atoms with Crippen LogP contribution in [0.25, 0.3) is 0 Å². The van der Waals surface area contributed by atoms with Crippen LogP contribution in [0.2, 0.25) is 0 Å². The summed E-state index contributed by atoms with van der Waals surface area (Å²) < 4.78 is 5.56. The van der Waals surface area contributed by atoms with Crippen LogP contribution in [0, 0.1) is 28.4 Å². The van der Waals surface area contributed by atoms with Crippen molar-refractivity contribution >= 4 is 27.9 Å². The van der Waals surface area contributed by atoms with E-state index in [1.54, 1.807) is 13.0 Å². The average molecular weight is 399 g/mol. The molecule has 8 heteroatoms. The van der Waals surface area contributed by atoms with Gasteiger partial charge in [0.2, 0.25) is 0 Å². The van der Waals surface area contributed by atoms with Gasteiger partial charge in [0.05, 0.1) is 10.5 Å². The fourth-order valence-electron chi connectivity index (χ4n) is 3.28. The van der Waals surface area contributed by atoms with E-state index in [0.717, 1.165) is 48.1 Å². The number of amides is 1. The van der Waals surface area contributed by atoms with Gasteiger partial charge in [0.15, 0.2) is 11.9 Å². The van der Waals surface area contributed by atoms with Crippen molar-refractivity contribution in [3.05, 3.63) is 49.9 Å². The highest BCUT2D eigenvalue weighted by molar-refractivity contribution is 7.16. The highest BCUT2D eigenvalue weighted by Gasteiger charge is 2.25. The van der Waals surface area contributed by atoms with E-state index in [-0.39, 0.29) is 11.4 Å². The van der Waals surface area contributed by atoms with Crippen LogP contribution >= 0.6 is 11.3 Å². The summed E-state index contributed by atoms with van der Waals surface area (Å²) >= 11 is 1.44. The second-order valence-electron chi connectivity index (χ2n) is 6.86. The molecule has 0 aliphatic heterocycles. The van der Waals surface area contributed by atoms with Gasteiger partial charge in [-0.3, -0.25) is 14.9 Å². The molecule has 28 heavy (non-hydrogen) atoms. The van der Waals surface area contributed by atoms with Gasteiger partial charge in [0, 0.05) is 10.9 Å². The summed E-state index contributed by atoms with van der Waals surface area (Å²) in [6.07, 6.45) is 4.10. The smallest absolute Gasteiger partial charge is 0.311 e. The Kier molecular flexibility index (Phi) is 5.95. The number of nitriles is 1. The van der Waals surface area contributed by atoms with E-state index < -0.39 is 16.9 Å². The Bertz CT molecular complexity index is 961. The van der Waals surface area contributed by atoms with Gasteiger partial charge in [0.25, 0.3) is 5.91 Å². The topological polar surface area (TPSA) is 105 Å². The summed E-state index contributed by atoms with van der Waals surface area (Å²) in [7, 11) is 0. The molecule has 1 amide bonds. The SMILES string of the molecule is Cc1ccc(OC(C)C(=O)Nc2sc3c(c2C#N)CCCCC3)c([N+](=O)[O-])c1. The van der Waals surface area contributed by atoms with Gasteiger partial charge in [-0.1, -0.05) is 12.5 Å². The molecule has 7 nitrogen and oxygen atoms in total. The van der Waals surface area contributed by atoms with Crippen LogP contribution in [0.3, 0.4) is 0 Å². The van der Waals surface area contributed by atoms with Gasteiger partial charge in [-0.25, -0.2) is 0 Å². The fraction of sp³-hybridized carbons (Fsp3) is 0.400. The van der Waals surface area contributed by atoms with Crippen molar-refractivity contribution in [3.63, 3.8) is 0 Å². The minimum Gasteiger partial charge on any atom is -0.474 e. The molecule has 1 N–H and O–H groups in total. The normalized spacial score (nSPS) is 14.3. The van der Waals surface area contributed by atoms with Crippen molar-refractivity contribution in [1.29, 1.82) is 5.26 Å². The highest BCUT2D eigenvalue weighted by atomic mass is 32.1. The lowest BCUT2D eigenvalue weighted by molar-refractivity contribution is -0.386. The number of hydrogen-bond donors (Lipinski definition) is 1. The van der Waals surface area contributed by atoms with E-state index in [4.69, 9.17) is 4.74 Å². The third kappa shape index (κ3) is 4.15.